The van der Waals surface area contributed by atoms with E-state index in [9.17, 15) is 9.59 Å². The second-order valence-electron chi connectivity index (χ2n) is 6.60. The number of amides is 3. The monoisotopic (exact) mass is 443 g/mol. The van der Waals surface area contributed by atoms with Crippen LogP contribution < -0.4 is 10.6 Å². The van der Waals surface area contributed by atoms with Gasteiger partial charge < -0.3 is 5.32 Å². The third-order valence-electron chi connectivity index (χ3n) is 4.22. The lowest BCUT2D eigenvalue weighted by Gasteiger charge is -2.14. The van der Waals surface area contributed by atoms with Gasteiger partial charge in [0.2, 0.25) is 5.91 Å². The normalized spacial score (nSPS) is 11.7. The Balaban J connectivity index is 1.95. The summed E-state index contributed by atoms with van der Waals surface area (Å²) in [6.45, 7) is 5.94. The summed E-state index contributed by atoms with van der Waals surface area (Å²) in [7, 11) is 0. The van der Waals surface area contributed by atoms with Gasteiger partial charge in [0.25, 0.3) is 0 Å². The van der Waals surface area contributed by atoms with Gasteiger partial charge in [0.15, 0.2) is 11.0 Å². The molecule has 1 atom stereocenters. The highest BCUT2D eigenvalue weighted by molar-refractivity contribution is 8.00. The lowest BCUT2D eigenvalue weighted by molar-refractivity contribution is -0.119. The summed E-state index contributed by atoms with van der Waals surface area (Å²) in [5.74, 6) is 0.230. The van der Waals surface area contributed by atoms with Crippen LogP contribution in [0.1, 0.15) is 19.4 Å². The van der Waals surface area contributed by atoms with Crippen molar-refractivity contribution in [1.82, 2.24) is 25.4 Å². The van der Waals surface area contributed by atoms with E-state index in [1.165, 1.54) is 11.8 Å². The number of hydrogen-bond acceptors (Lipinski definition) is 5. The molecule has 2 aromatic carbocycles. The van der Waals surface area contributed by atoms with Gasteiger partial charge in [-0.3, -0.25) is 14.7 Å². The summed E-state index contributed by atoms with van der Waals surface area (Å²) in [5, 5.41) is 14.2. The van der Waals surface area contributed by atoms with E-state index in [4.69, 9.17) is 11.6 Å². The molecule has 30 heavy (non-hydrogen) atoms. The van der Waals surface area contributed by atoms with Crippen LogP contribution in [0.25, 0.3) is 17.1 Å². The Morgan fingerprint density at radius 2 is 1.90 bits per heavy atom. The zero-order chi connectivity index (χ0) is 21.7. The fourth-order valence-electron chi connectivity index (χ4n) is 2.76. The Hall–Kier alpha value is -2.84. The summed E-state index contributed by atoms with van der Waals surface area (Å²) in [5.41, 5.74) is 2.81. The number of nitrogens with zero attached hydrogens (tertiary/aromatic N) is 3. The molecule has 0 fully saturated rings. The van der Waals surface area contributed by atoms with E-state index in [0.29, 0.717) is 22.5 Å². The molecule has 0 spiro atoms. The van der Waals surface area contributed by atoms with Crippen molar-refractivity contribution in [2.45, 2.75) is 31.2 Å². The van der Waals surface area contributed by atoms with Crippen LogP contribution in [0.3, 0.4) is 0 Å². The lowest BCUT2D eigenvalue weighted by atomic mass is 10.2. The molecule has 7 nitrogen and oxygen atoms in total. The molecular formula is C21H22ClN5O2S. The second-order valence-corrected chi connectivity index (χ2v) is 8.34. The van der Waals surface area contributed by atoms with Gasteiger partial charge in [-0.1, -0.05) is 35.5 Å². The lowest BCUT2D eigenvalue weighted by Crippen LogP contribution is -2.42. The van der Waals surface area contributed by atoms with E-state index in [-0.39, 0.29) is 0 Å². The highest BCUT2D eigenvalue weighted by atomic mass is 35.5. The minimum Gasteiger partial charge on any atom is -0.338 e. The van der Waals surface area contributed by atoms with Crippen LogP contribution in [0.2, 0.25) is 5.02 Å². The molecule has 0 aliphatic rings. The van der Waals surface area contributed by atoms with Crippen molar-refractivity contribution in [3.8, 4) is 17.1 Å². The number of hydrogen-bond donors (Lipinski definition) is 2. The first-order valence-corrected chi connectivity index (χ1v) is 10.7. The van der Waals surface area contributed by atoms with Gasteiger partial charge in [-0.2, -0.15) is 0 Å². The highest BCUT2D eigenvalue weighted by Gasteiger charge is 2.23. The SMILES string of the molecule is CCNC(=O)NC(=O)[C@H](C)Sc1nnc(-c2ccc(Cl)cc2)n1-c1cccc(C)c1. The molecule has 156 valence electrons. The molecule has 0 unspecified atom stereocenters. The zero-order valence-electron chi connectivity index (χ0n) is 16.8. The van der Waals surface area contributed by atoms with E-state index in [1.807, 2.05) is 47.9 Å². The Morgan fingerprint density at radius 3 is 2.57 bits per heavy atom. The molecule has 1 aromatic heterocycles. The maximum absolute atomic E-state index is 12.4. The third-order valence-corrected chi connectivity index (χ3v) is 5.52. The number of halogens is 1. The fraction of sp³-hybridized carbons (Fsp3) is 0.238. The van der Waals surface area contributed by atoms with E-state index in [2.05, 4.69) is 20.8 Å². The number of aryl methyl sites for hydroxylation is 1. The van der Waals surface area contributed by atoms with E-state index < -0.39 is 17.2 Å². The predicted octanol–water partition coefficient (Wildman–Crippen LogP) is 4.22. The molecule has 0 saturated carbocycles. The topological polar surface area (TPSA) is 88.9 Å². The average Bonchev–Trinajstić information content (AvgIpc) is 3.12. The molecule has 1 heterocycles. The third kappa shape index (κ3) is 5.20. The molecule has 0 bridgehead atoms. The molecule has 3 rings (SSSR count). The standard InChI is InChI=1S/C21H22ClN5O2S/c1-4-23-20(29)24-19(28)14(3)30-21-26-25-18(15-8-10-16(22)11-9-15)27(21)17-7-5-6-13(2)12-17/h5-12,14H,4H2,1-3H3,(H2,23,24,28,29)/t14-/m0/s1. The predicted molar refractivity (Wildman–Crippen MR) is 119 cm³/mol. The van der Waals surface area contributed by atoms with Gasteiger partial charge in [-0.15, -0.1) is 10.2 Å². The number of rotatable bonds is 6. The fourth-order valence-corrected chi connectivity index (χ4v) is 3.76. The Morgan fingerprint density at radius 1 is 1.17 bits per heavy atom. The van der Waals surface area contributed by atoms with Gasteiger partial charge in [0.05, 0.1) is 5.25 Å². The second kappa shape index (κ2) is 9.77. The number of aromatic nitrogens is 3. The van der Waals surface area contributed by atoms with Crippen LogP contribution in [0.15, 0.2) is 53.7 Å². The summed E-state index contributed by atoms with van der Waals surface area (Å²) in [6.07, 6.45) is 0. The Labute approximate surface area is 184 Å². The van der Waals surface area contributed by atoms with Crippen LogP contribution in [-0.2, 0) is 4.79 Å². The van der Waals surface area contributed by atoms with Crippen molar-refractivity contribution in [2.75, 3.05) is 6.54 Å². The van der Waals surface area contributed by atoms with Crippen molar-refractivity contribution in [2.24, 2.45) is 0 Å². The largest absolute Gasteiger partial charge is 0.338 e. The maximum Gasteiger partial charge on any atom is 0.321 e. The summed E-state index contributed by atoms with van der Waals surface area (Å²) in [4.78, 5) is 24.0. The molecule has 0 radical (unpaired) electrons. The van der Waals surface area contributed by atoms with Crippen molar-refractivity contribution in [3.05, 3.63) is 59.1 Å². The van der Waals surface area contributed by atoms with Crippen LogP contribution in [0.5, 0.6) is 0 Å². The number of carbonyl (C=O) groups excluding carboxylic acids is 2. The number of imide groups is 1. The zero-order valence-corrected chi connectivity index (χ0v) is 18.4. The van der Waals surface area contributed by atoms with Gasteiger partial charge in [-0.05, 0) is 62.7 Å². The summed E-state index contributed by atoms with van der Waals surface area (Å²) in [6, 6.07) is 14.8. The van der Waals surface area contributed by atoms with Crippen molar-refractivity contribution < 1.29 is 9.59 Å². The van der Waals surface area contributed by atoms with Crippen LogP contribution in [-0.4, -0.2) is 38.5 Å². The van der Waals surface area contributed by atoms with Crippen LogP contribution >= 0.6 is 23.4 Å². The number of carbonyl (C=O) groups is 2. The minimum absolute atomic E-state index is 0.405. The van der Waals surface area contributed by atoms with E-state index in [1.54, 1.807) is 26.0 Å². The molecule has 3 aromatic rings. The minimum atomic E-state index is -0.557. The molecule has 3 amide bonds. The van der Waals surface area contributed by atoms with E-state index >= 15 is 0 Å². The van der Waals surface area contributed by atoms with E-state index in [0.717, 1.165) is 16.8 Å². The Bertz CT molecular complexity index is 1050. The van der Waals surface area contributed by atoms with Gasteiger partial charge in [-0.25, -0.2) is 4.79 Å². The molecule has 0 aliphatic carbocycles. The first kappa shape index (κ1) is 21.9. The maximum atomic E-state index is 12.4. The smallest absolute Gasteiger partial charge is 0.321 e. The van der Waals surface area contributed by atoms with Crippen molar-refractivity contribution in [1.29, 1.82) is 0 Å². The van der Waals surface area contributed by atoms with Gasteiger partial charge in [0.1, 0.15) is 0 Å². The first-order chi connectivity index (χ1) is 14.4. The van der Waals surface area contributed by atoms with Crippen LogP contribution in [0, 0.1) is 6.92 Å². The molecular weight excluding hydrogens is 422 g/mol. The molecule has 2 N–H and O–H groups in total. The first-order valence-electron chi connectivity index (χ1n) is 9.42. The quantitative estimate of drug-likeness (QED) is 0.557. The summed E-state index contributed by atoms with van der Waals surface area (Å²) < 4.78 is 1.90. The molecule has 0 saturated heterocycles. The summed E-state index contributed by atoms with van der Waals surface area (Å²) >= 11 is 7.25. The number of nitrogens with one attached hydrogen (secondary N) is 2. The number of benzene rings is 2. The molecule has 0 aliphatic heterocycles. The van der Waals surface area contributed by atoms with Crippen molar-refractivity contribution in [3.63, 3.8) is 0 Å². The Kier molecular flexibility index (Phi) is 7.12. The van der Waals surface area contributed by atoms with Crippen LogP contribution in [0.4, 0.5) is 4.79 Å². The molecule has 9 heteroatoms. The number of urea groups is 1. The van der Waals surface area contributed by atoms with Gasteiger partial charge in [0, 0.05) is 22.8 Å². The van der Waals surface area contributed by atoms with Gasteiger partial charge >= 0.3 is 6.03 Å². The highest BCUT2D eigenvalue weighted by Crippen LogP contribution is 2.31. The van der Waals surface area contributed by atoms with Crippen molar-refractivity contribution >= 4 is 35.3 Å². The number of thioether (sulfide) groups is 1. The average molecular weight is 444 g/mol.